The van der Waals surface area contributed by atoms with E-state index in [4.69, 9.17) is 5.73 Å². The van der Waals surface area contributed by atoms with E-state index < -0.39 is 0 Å². The number of anilines is 2. The summed E-state index contributed by atoms with van der Waals surface area (Å²) in [5.41, 5.74) is 7.43. The van der Waals surface area contributed by atoms with Gasteiger partial charge in [-0.25, -0.2) is 4.98 Å². The fourth-order valence-corrected chi connectivity index (χ4v) is 1.75. The first-order chi connectivity index (χ1) is 6.70. The van der Waals surface area contributed by atoms with Crippen LogP contribution in [0.25, 0.3) is 0 Å². The minimum atomic E-state index is 0.779. The molecule has 0 aliphatic carbocycles. The summed E-state index contributed by atoms with van der Waals surface area (Å²) >= 11 is 0. The minimum Gasteiger partial charge on any atom is -0.397 e. The standard InChI is InChI=1S/C11H17N3/c1-3-9-6-14(7-9)11-5-4-10(12)8(2)13-11/h4-5,9H,3,6-7,12H2,1-2H3. The van der Waals surface area contributed by atoms with Gasteiger partial charge in [0, 0.05) is 13.1 Å². The minimum absolute atomic E-state index is 0.779. The fourth-order valence-electron chi connectivity index (χ4n) is 1.75. The van der Waals surface area contributed by atoms with E-state index in [1.54, 1.807) is 0 Å². The van der Waals surface area contributed by atoms with Crippen LogP contribution in [0, 0.1) is 12.8 Å². The molecule has 1 aliphatic rings. The lowest BCUT2D eigenvalue weighted by Crippen LogP contribution is -2.46. The third-order valence-electron chi connectivity index (χ3n) is 2.97. The van der Waals surface area contributed by atoms with E-state index in [-0.39, 0.29) is 0 Å². The topological polar surface area (TPSA) is 42.1 Å². The van der Waals surface area contributed by atoms with Gasteiger partial charge in [0.05, 0.1) is 11.4 Å². The number of hydrogen-bond acceptors (Lipinski definition) is 3. The number of aromatic nitrogens is 1. The maximum atomic E-state index is 5.72. The molecule has 0 atom stereocenters. The van der Waals surface area contributed by atoms with Crippen LogP contribution in [0.2, 0.25) is 0 Å². The molecule has 2 heterocycles. The number of aryl methyl sites for hydroxylation is 1. The number of pyridine rings is 1. The molecule has 1 aromatic heterocycles. The Bertz CT molecular complexity index is 329. The molecule has 2 rings (SSSR count). The highest BCUT2D eigenvalue weighted by Gasteiger charge is 2.25. The normalized spacial score (nSPS) is 16.9. The molecule has 0 aromatic carbocycles. The molecule has 0 spiro atoms. The summed E-state index contributed by atoms with van der Waals surface area (Å²) < 4.78 is 0. The van der Waals surface area contributed by atoms with Crippen molar-refractivity contribution in [2.75, 3.05) is 23.7 Å². The molecule has 0 radical (unpaired) electrons. The molecule has 1 aliphatic heterocycles. The highest BCUT2D eigenvalue weighted by atomic mass is 15.2. The number of nitrogens with two attached hydrogens (primary N) is 1. The Morgan fingerprint density at radius 2 is 2.21 bits per heavy atom. The zero-order valence-corrected chi connectivity index (χ0v) is 8.83. The van der Waals surface area contributed by atoms with E-state index in [9.17, 15) is 0 Å². The summed E-state index contributed by atoms with van der Waals surface area (Å²) in [5, 5.41) is 0. The maximum Gasteiger partial charge on any atom is 0.128 e. The quantitative estimate of drug-likeness (QED) is 0.775. The Morgan fingerprint density at radius 3 is 2.79 bits per heavy atom. The van der Waals surface area contributed by atoms with Crippen LogP contribution in [0.4, 0.5) is 11.5 Å². The Morgan fingerprint density at radius 1 is 1.50 bits per heavy atom. The third-order valence-corrected chi connectivity index (χ3v) is 2.97. The van der Waals surface area contributed by atoms with Gasteiger partial charge >= 0.3 is 0 Å². The van der Waals surface area contributed by atoms with Gasteiger partial charge < -0.3 is 10.6 Å². The first kappa shape index (κ1) is 9.31. The number of hydrogen-bond donors (Lipinski definition) is 1. The molecule has 1 saturated heterocycles. The molecule has 14 heavy (non-hydrogen) atoms. The van der Waals surface area contributed by atoms with Crippen LogP contribution >= 0.6 is 0 Å². The van der Waals surface area contributed by atoms with Gasteiger partial charge in [0.25, 0.3) is 0 Å². The number of rotatable bonds is 2. The smallest absolute Gasteiger partial charge is 0.128 e. The van der Waals surface area contributed by atoms with Crippen molar-refractivity contribution in [1.29, 1.82) is 0 Å². The molecular formula is C11H17N3. The second-order valence-electron chi connectivity index (χ2n) is 4.02. The molecule has 76 valence electrons. The Hall–Kier alpha value is -1.25. The van der Waals surface area contributed by atoms with Gasteiger partial charge in [0.1, 0.15) is 5.82 Å². The van der Waals surface area contributed by atoms with E-state index >= 15 is 0 Å². The van der Waals surface area contributed by atoms with Crippen molar-refractivity contribution >= 4 is 11.5 Å². The predicted molar refractivity (Wildman–Crippen MR) is 59.4 cm³/mol. The van der Waals surface area contributed by atoms with E-state index in [0.29, 0.717) is 0 Å². The number of nitrogens with zero attached hydrogens (tertiary/aromatic N) is 2. The molecule has 3 heteroatoms. The highest BCUT2D eigenvalue weighted by Crippen LogP contribution is 2.25. The molecule has 2 N–H and O–H groups in total. The average Bonchev–Trinajstić information content (AvgIpc) is 2.09. The second kappa shape index (κ2) is 3.48. The molecule has 0 saturated carbocycles. The van der Waals surface area contributed by atoms with Crippen LogP contribution < -0.4 is 10.6 Å². The van der Waals surface area contributed by atoms with Crippen molar-refractivity contribution in [3.05, 3.63) is 17.8 Å². The van der Waals surface area contributed by atoms with Crippen molar-refractivity contribution in [3.8, 4) is 0 Å². The molecule has 0 bridgehead atoms. The summed E-state index contributed by atoms with van der Waals surface area (Å²) in [6.45, 7) is 6.49. The number of nitrogen functional groups attached to an aromatic ring is 1. The summed E-state index contributed by atoms with van der Waals surface area (Å²) in [4.78, 5) is 6.77. The van der Waals surface area contributed by atoms with Crippen molar-refractivity contribution < 1.29 is 0 Å². The van der Waals surface area contributed by atoms with Crippen molar-refractivity contribution in [2.24, 2.45) is 5.92 Å². The highest BCUT2D eigenvalue weighted by molar-refractivity contribution is 5.51. The van der Waals surface area contributed by atoms with Gasteiger partial charge in [-0.05, 0) is 31.4 Å². The molecule has 1 fully saturated rings. The van der Waals surface area contributed by atoms with Gasteiger partial charge in [0.2, 0.25) is 0 Å². The van der Waals surface area contributed by atoms with E-state index in [2.05, 4.69) is 16.8 Å². The average molecular weight is 191 g/mol. The third kappa shape index (κ3) is 1.54. The summed E-state index contributed by atoms with van der Waals surface area (Å²) in [7, 11) is 0. The molecule has 0 unspecified atom stereocenters. The van der Waals surface area contributed by atoms with Gasteiger partial charge in [0.15, 0.2) is 0 Å². The van der Waals surface area contributed by atoms with Crippen LogP contribution in [0.5, 0.6) is 0 Å². The van der Waals surface area contributed by atoms with Crippen molar-refractivity contribution in [3.63, 3.8) is 0 Å². The van der Waals surface area contributed by atoms with E-state index in [0.717, 1.165) is 36.2 Å². The Kier molecular flexibility index (Phi) is 2.32. The first-order valence-corrected chi connectivity index (χ1v) is 5.18. The van der Waals surface area contributed by atoms with E-state index in [1.807, 2.05) is 19.1 Å². The summed E-state index contributed by atoms with van der Waals surface area (Å²) in [6.07, 6.45) is 1.27. The fraction of sp³-hybridized carbons (Fsp3) is 0.545. The Balaban J connectivity index is 2.08. The lowest BCUT2D eigenvalue weighted by Gasteiger charge is -2.39. The van der Waals surface area contributed by atoms with Crippen LogP contribution in [-0.2, 0) is 0 Å². The van der Waals surface area contributed by atoms with Gasteiger partial charge in [-0.1, -0.05) is 6.92 Å². The van der Waals surface area contributed by atoms with Crippen LogP contribution in [0.15, 0.2) is 12.1 Å². The zero-order chi connectivity index (χ0) is 10.1. The monoisotopic (exact) mass is 191 g/mol. The Labute approximate surface area is 84.9 Å². The summed E-state index contributed by atoms with van der Waals surface area (Å²) in [6, 6.07) is 3.95. The summed E-state index contributed by atoms with van der Waals surface area (Å²) in [5.74, 6) is 1.93. The second-order valence-corrected chi connectivity index (χ2v) is 4.02. The lowest BCUT2D eigenvalue weighted by atomic mass is 9.97. The molecule has 1 aromatic rings. The van der Waals surface area contributed by atoms with Crippen molar-refractivity contribution in [2.45, 2.75) is 20.3 Å². The van der Waals surface area contributed by atoms with Crippen LogP contribution in [0.1, 0.15) is 19.0 Å². The molecule has 0 amide bonds. The zero-order valence-electron chi connectivity index (χ0n) is 8.83. The van der Waals surface area contributed by atoms with Gasteiger partial charge in [-0.3, -0.25) is 0 Å². The van der Waals surface area contributed by atoms with Gasteiger partial charge in [-0.15, -0.1) is 0 Å². The van der Waals surface area contributed by atoms with E-state index in [1.165, 1.54) is 6.42 Å². The lowest BCUT2D eigenvalue weighted by molar-refractivity contribution is 0.396. The maximum absolute atomic E-state index is 5.72. The van der Waals surface area contributed by atoms with Gasteiger partial charge in [-0.2, -0.15) is 0 Å². The van der Waals surface area contributed by atoms with Crippen LogP contribution in [0.3, 0.4) is 0 Å². The first-order valence-electron chi connectivity index (χ1n) is 5.18. The van der Waals surface area contributed by atoms with Crippen molar-refractivity contribution in [1.82, 2.24) is 4.98 Å². The molecular weight excluding hydrogens is 174 g/mol. The molecule has 3 nitrogen and oxygen atoms in total. The predicted octanol–water partition coefficient (Wildman–Crippen LogP) is 1.82. The van der Waals surface area contributed by atoms with Crippen LogP contribution in [-0.4, -0.2) is 18.1 Å². The largest absolute Gasteiger partial charge is 0.397 e. The SMILES string of the molecule is CCC1CN(c2ccc(N)c(C)n2)C1.